The molecule has 136 valence electrons. The van der Waals surface area contributed by atoms with Gasteiger partial charge in [0.15, 0.2) is 0 Å². The van der Waals surface area contributed by atoms with E-state index in [0.717, 1.165) is 32.7 Å². The largest absolute Gasteiger partial charge is 0.300 e. The number of piperazine rings is 1. The molecular formula is C18H35F2N3. The molecule has 0 aromatic heterocycles. The van der Waals surface area contributed by atoms with E-state index in [4.69, 9.17) is 0 Å². The first-order valence-corrected chi connectivity index (χ1v) is 9.00. The maximum atomic E-state index is 14.6. The minimum absolute atomic E-state index is 0.0941. The van der Waals surface area contributed by atoms with Crippen molar-refractivity contribution in [2.75, 3.05) is 45.8 Å². The molecule has 0 aromatic rings. The van der Waals surface area contributed by atoms with Crippen molar-refractivity contribution >= 4 is 0 Å². The Labute approximate surface area is 141 Å². The van der Waals surface area contributed by atoms with E-state index in [0.29, 0.717) is 13.0 Å². The third kappa shape index (κ3) is 4.86. The smallest absolute Gasteiger partial charge is 0.264 e. The molecule has 0 saturated carbocycles. The lowest BCUT2D eigenvalue weighted by Gasteiger charge is -2.47. The van der Waals surface area contributed by atoms with Crippen molar-refractivity contribution in [1.29, 1.82) is 0 Å². The number of piperidine rings is 1. The summed E-state index contributed by atoms with van der Waals surface area (Å²) >= 11 is 0. The Balaban J connectivity index is 1.87. The Morgan fingerprint density at radius 3 is 1.78 bits per heavy atom. The third-order valence-electron chi connectivity index (χ3n) is 5.49. The zero-order valence-electron chi connectivity index (χ0n) is 15.8. The van der Waals surface area contributed by atoms with Crippen LogP contribution in [0.1, 0.15) is 48.0 Å². The summed E-state index contributed by atoms with van der Waals surface area (Å²) in [4.78, 5) is 6.62. The molecule has 2 fully saturated rings. The molecule has 2 aliphatic rings. The van der Waals surface area contributed by atoms with E-state index in [2.05, 4.69) is 30.6 Å². The Morgan fingerprint density at radius 1 is 0.826 bits per heavy atom. The number of likely N-dealkylation sites (tertiary alicyclic amines) is 1. The molecule has 2 saturated heterocycles. The van der Waals surface area contributed by atoms with Crippen molar-refractivity contribution in [2.45, 2.75) is 65.0 Å². The first-order valence-electron chi connectivity index (χ1n) is 9.00. The Kier molecular flexibility index (Phi) is 5.44. The second kappa shape index (κ2) is 6.57. The van der Waals surface area contributed by atoms with Crippen LogP contribution in [0.25, 0.3) is 0 Å². The molecule has 1 atom stereocenters. The van der Waals surface area contributed by atoms with Gasteiger partial charge in [-0.1, -0.05) is 0 Å². The van der Waals surface area contributed by atoms with Crippen molar-refractivity contribution in [2.24, 2.45) is 5.92 Å². The van der Waals surface area contributed by atoms with Crippen LogP contribution in [0, 0.1) is 5.92 Å². The lowest BCUT2D eigenvalue weighted by Crippen LogP contribution is -2.59. The predicted molar refractivity (Wildman–Crippen MR) is 92.1 cm³/mol. The van der Waals surface area contributed by atoms with Gasteiger partial charge in [-0.3, -0.25) is 9.80 Å². The Hall–Kier alpha value is -0.260. The first-order chi connectivity index (χ1) is 10.4. The van der Waals surface area contributed by atoms with Crippen molar-refractivity contribution in [3.63, 3.8) is 0 Å². The van der Waals surface area contributed by atoms with Crippen LogP contribution >= 0.6 is 0 Å². The summed E-state index contributed by atoms with van der Waals surface area (Å²) < 4.78 is 29.2. The normalized spacial score (nSPS) is 29.0. The van der Waals surface area contributed by atoms with Gasteiger partial charge in [0.2, 0.25) is 0 Å². The van der Waals surface area contributed by atoms with E-state index in [1.165, 1.54) is 0 Å². The van der Waals surface area contributed by atoms with E-state index in [1.807, 2.05) is 25.7 Å². The van der Waals surface area contributed by atoms with Crippen molar-refractivity contribution < 1.29 is 8.78 Å². The van der Waals surface area contributed by atoms with E-state index in [-0.39, 0.29) is 17.6 Å². The zero-order chi connectivity index (χ0) is 17.5. The van der Waals surface area contributed by atoms with Crippen LogP contribution in [-0.2, 0) is 0 Å². The third-order valence-corrected chi connectivity index (χ3v) is 5.49. The van der Waals surface area contributed by atoms with E-state index in [1.54, 1.807) is 0 Å². The maximum Gasteiger partial charge on any atom is 0.264 e. The minimum Gasteiger partial charge on any atom is -0.300 e. The maximum absolute atomic E-state index is 14.6. The van der Waals surface area contributed by atoms with Crippen molar-refractivity contribution in [1.82, 2.24) is 14.7 Å². The first kappa shape index (κ1) is 19.1. The van der Waals surface area contributed by atoms with Gasteiger partial charge in [0.05, 0.1) is 6.54 Å². The van der Waals surface area contributed by atoms with Gasteiger partial charge in [-0.25, -0.2) is 8.78 Å². The molecule has 0 unspecified atom stereocenters. The summed E-state index contributed by atoms with van der Waals surface area (Å²) in [6.45, 7) is 17.7. The van der Waals surface area contributed by atoms with Crippen LogP contribution in [0.2, 0.25) is 0 Å². The second-order valence-electron chi connectivity index (χ2n) is 9.30. The predicted octanol–water partition coefficient (Wildman–Crippen LogP) is 3.16. The summed E-state index contributed by atoms with van der Waals surface area (Å²) in [7, 11) is 0. The van der Waals surface area contributed by atoms with Gasteiger partial charge >= 0.3 is 0 Å². The molecule has 0 bridgehead atoms. The average Bonchev–Trinajstić information content (AvgIpc) is 2.39. The van der Waals surface area contributed by atoms with Gasteiger partial charge in [-0.05, 0) is 54.5 Å². The standard InChI is InChI=1S/C18H35F2N3/c1-16(2,3)22-11-9-21(10-12-22)13-15-7-8-23(17(4,5)6)14-18(15,19)20/h15H,7-14H2,1-6H3/t15-/m1/s1. The summed E-state index contributed by atoms with van der Waals surface area (Å²) in [6.07, 6.45) is 0.601. The summed E-state index contributed by atoms with van der Waals surface area (Å²) in [6, 6.07) is 0. The molecule has 0 radical (unpaired) electrons. The van der Waals surface area contributed by atoms with Crippen LogP contribution in [0.5, 0.6) is 0 Å². The topological polar surface area (TPSA) is 9.72 Å². The number of nitrogens with zero attached hydrogens (tertiary/aromatic N) is 3. The second-order valence-corrected chi connectivity index (χ2v) is 9.30. The van der Waals surface area contributed by atoms with Crippen molar-refractivity contribution in [3.05, 3.63) is 0 Å². The fourth-order valence-electron chi connectivity index (χ4n) is 3.70. The van der Waals surface area contributed by atoms with Crippen LogP contribution in [-0.4, -0.2) is 77.5 Å². The quantitative estimate of drug-likeness (QED) is 0.769. The van der Waals surface area contributed by atoms with Gasteiger partial charge < -0.3 is 4.90 Å². The lowest BCUT2D eigenvalue weighted by molar-refractivity contribution is -0.136. The number of rotatable bonds is 2. The Bertz CT molecular complexity index is 390. The lowest BCUT2D eigenvalue weighted by atomic mass is 9.89. The van der Waals surface area contributed by atoms with E-state index < -0.39 is 11.8 Å². The van der Waals surface area contributed by atoms with Crippen LogP contribution in [0.3, 0.4) is 0 Å². The highest BCUT2D eigenvalue weighted by molar-refractivity contribution is 4.93. The highest BCUT2D eigenvalue weighted by Crippen LogP contribution is 2.36. The van der Waals surface area contributed by atoms with E-state index in [9.17, 15) is 8.78 Å². The number of hydrogen-bond donors (Lipinski definition) is 0. The molecule has 2 heterocycles. The number of alkyl halides is 2. The molecule has 0 aliphatic carbocycles. The highest BCUT2D eigenvalue weighted by atomic mass is 19.3. The van der Waals surface area contributed by atoms with E-state index >= 15 is 0 Å². The van der Waals surface area contributed by atoms with Crippen LogP contribution in [0.4, 0.5) is 8.78 Å². The molecule has 0 amide bonds. The molecule has 5 heteroatoms. The molecule has 23 heavy (non-hydrogen) atoms. The number of hydrogen-bond acceptors (Lipinski definition) is 3. The van der Waals surface area contributed by atoms with Gasteiger partial charge in [0.1, 0.15) is 0 Å². The van der Waals surface area contributed by atoms with Gasteiger partial charge in [0, 0.05) is 49.7 Å². The zero-order valence-corrected chi connectivity index (χ0v) is 15.8. The van der Waals surface area contributed by atoms with Crippen LogP contribution in [0.15, 0.2) is 0 Å². The molecule has 0 aromatic carbocycles. The van der Waals surface area contributed by atoms with Crippen LogP contribution < -0.4 is 0 Å². The summed E-state index contributed by atoms with van der Waals surface area (Å²) in [5.74, 6) is -3.07. The fourth-order valence-corrected chi connectivity index (χ4v) is 3.70. The monoisotopic (exact) mass is 331 g/mol. The van der Waals surface area contributed by atoms with Crippen molar-refractivity contribution in [3.8, 4) is 0 Å². The molecule has 0 N–H and O–H groups in total. The molecule has 2 aliphatic heterocycles. The average molecular weight is 331 g/mol. The highest BCUT2D eigenvalue weighted by Gasteiger charge is 2.47. The number of halogens is 2. The fraction of sp³-hybridized carbons (Fsp3) is 1.00. The Morgan fingerprint density at radius 2 is 1.35 bits per heavy atom. The SMILES string of the molecule is CC(C)(C)N1CCN(C[C@H]2CCN(C(C)(C)C)CC2(F)F)CC1. The summed E-state index contributed by atoms with van der Waals surface area (Å²) in [5.41, 5.74) is 0.000804. The summed E-state index contributed by atoms with van der Waals surface area (Å²) in [5, 5.41) is 0. The van der Waals surface area contributed by atoms with Gasteiger partial charge in [-0.2, -0.15) is 0 Å². The van der Waals surface area contributed by atoms with Gasteiger partial charge in [-0.15, -0.1) is 0 Å². The molecule has 3 nitrogen and oxygen atoms in total. The van der Waals surface area contributed by atoms with Gasteiger partial charge in [0.25, 0.3) is 5.92 Å². The molecular weight excluding hydrogens is 296 g/mol. The molecule has 2 rings (SSSR count). The minimum atomic E-state index is -2.58. The molecule has 0 spiro atoms.